The van der Waals surface area contributed by atoms with Crippen LogP contribution in [0.25, 0.3) is 11.2 Å². The fraction of sp³-hybridized carbons (Fsp3) is 0.615. The van der Waals surface area contributed by atoms with E-state index in [9.17, 15) is 5.11 Å². The van der Waals surface area contributed by atoms with Crippen LogP contribution in [-0.4, -0.2) is 44.2 Å². The minimum absolute atomic E-state index is 0.278. The predicted octanol–water partition coefficient (Wildman–Crippen LogP) is 1.75. The first kappa shape index (κ1) is 14.5. The molecular weight excluding hydrogens is 256 g/mol. The van der Waals surface area contributed by atoms with Crippen LogP contribution in [-0.2, 0) is 0 Å². The summed E-state index contributed by atoms with van der Waals surface area (Å²) < 4.78 is 0. The van der Waals surface area contributed by atoms with Gasteiger partial charge in [0.25, 0.3) is 0 Å². The number of aromatic nitrogens is 4. The average molecular weight is 278 g/mol. The molecule has 110 valence electrons. The Bertz CT molecular complexity index is 541. The van der Waals surface area contributed by atoms with E-state index in [2.05, 4.69) is 37.5 Å². The van der Waals surface area contributed by atoms with Gasteiger partial charge in [-0.25, -0.2) is 4.98 Å². The third kappa shape index (κ3) is 3.57. The van der Waals surface area contributed by atoms with Crippen molar-refractivity contribution in [1.29, 1.82) is 0 Å². The summed E-state index contributed by atoms with van der Waals surface area (Å²) in [6.45, 7) is 5.54. The molecule has 1 atom stereocenters. The second kappa shape index (κ2) is 7.04. The number of hydrogen-bond donors (Lipinski definition) is 4. The molecule has 0 saturated heterocycles. The van der Waals surface area contributed by atoms with Gasteiger partial charge in [-0.2, -0.15) is 9.97 Å². The molecule has 1 unspecified atom stereocenters. The summed E-state index contributed by atoms with van der Waals surface area (Å²) in [5.41, 5.74) is 1.43. The molecule has 0 fully saturated rings. The molecule has 0 aromatic carbocycles. The van der Waals surface area contributed by atoms with Crippen LogP contribution >= 0.6 is 0 Å². The second-order valence-electron chi connectivity index (χ2n) is 4.70. The van der Waals surface area contributed by atoms with Gasteiger partial charge in [-0.1, -0.05) is 13.8 Å². The maximum absolute atomic E-state index is 9.57. The second-order valence-corrected chi connectivity index (χ2v) is 4.70. The third-order valence-corrected chi connectivity index (χ3v) is 3.06. The van der Waals surface area contributed by atoms with Gasteiger partial charge in [0, 0.05) is 13.1 Å². The summed E-state index contributed by atoms with van der Waals surface area (Å²) >= 11 is 0. The number of fused-ring (bicyclic) bond motifs is 1. The summed E-state index contributed by atoms with van der Waals surface area (Å²) in [5, 5.41) is 16.0. The molecule has 0 saturated carbocycles. The van der Waals surface area contributed by atoms with Gasteiger partial charge < -0.3 is 20.7 Å². The molecule has 2 rings (SSSR count). The lowest BCUT2D eigenvalue weighted by Crippen LogP contribution is -2.14. The Balaban J connectivity index is 2.10. The number of rotatable bonds is 8. The first-order chi connectivity index (χ1) is 9.74. The van der Waals surface area contributed by atoms with Gasteiger partial charge in [0.05, 0.1) is 12.4 Å². The van der Waals surface area contributed by atoms with Gasteiger partial charge in [0.1, 0.15) is 5.52 Å². The number of anilines is 2. The van der Waals surface area contributed by atoms with Gasteiger partial charge in [-0.15, -0.1) is 0 Å². The molecule has 0 radical (unpaired) electrons. The highest BCUT2D eigenvalue weighted by molar-refractivity contribution is 5.83. The van der Waals surface area contributed by atoms with Crippen LogP contribution in [0.2, 0.25) is 0 Å². The Kier molecular flexibility index (Phi) is 5.11. The first-order valence-electron chi connectivity index (χ1n) is 7.11. The van der Waals surface area contributed by atoms with Crippen LogP contribution in [0.5, 0.6) is 0 Å². The molecule has 0 spiro atoms. The van der Waals surface area contributed by atoms with E-state index < -0.39 is 0 Å². The van der Waals surface area contributed by atoms with Crippen LogP contribution < -0.4 is 10.6 Å². The van der Waals surface area contributed by atoms with Crippen LogP contribution in [0.4, 0.5) is 11.8 Å². The fourth-order valence-electron chi connectivity index (χ4n) is 1.84. The summed E-state index contributed by atoms with van der Waals surface area (Å²) in [6, 6.07) is 0. The Morgan fingerprint density at radius 3 is 2.85 bits per heavy atom. The number of nitrogens with zero attached hydrogens (tertiary/aromatic N) is 3. The van der Waals surface area contributed by atoms with Crippen LogP contribution in [0, 0.1) is 0 Å². The molecule has 2 aromatic rings. The molecule has 0 aliphatic carbocycles. The Hall–Kier alpha value is -1.89. The molecule has 7 nitrogen and oxygen atoms in total. The van der Waals surface area contributed by atoms with E-state index in [-0.39, 0.29) is 6.10 Å². The van der Waals surface area contributed by atoms with Crippen molar-refractivity contribution in [3.05, 3.63) is 6.33 Å². The monoisotopic (exact) mass is 278 g/mol. The summed E-state index contributed by atoms with van der Waals surface area (Å²) in [5.74, 6) is 1.29. The number of nitrogens with one attached hydrogen (secondary N) is 3. The highest BCUT2D eigenvalue weighted by atomic mass is 16.3. The lowest BCUT2D eigenvalue weighted by atomic mass is 10.2. The zero-order valence-corrected chi connectivity index (χ0v) is 12.0. The number of aliphatic hydroxyl groups is 1. The van der Waals surface area contributed by atoms with Crippen molar-refractivity contribution in [2.75, 3.05) is 23.7 Å². The van der Waals surface area contributed by atoms with E-state index in [1.807, 2.05) is 6.92 Å². The van der Waals surface area contributed by atoms with E-state index in [0.29, 0.717) is 24.6 Å². The highest BCUT2D eigenvalue weighted by Crippen LogP contribution is 2.18. The molecule has 4 N–H and O–H groups in total. The normalized spacial score (nSPS) is 12.6. The molecule has 0 aliphatic heterocycles. The minimum Gasteiger partial charge on any atom is -0.393 e. The molecule has 0 aliphatic rings. The van der Waals surface area contributed by atoms with Crippen molar-refractivity contribution in [1.82, 2.24) is 19.9 Å². The molecule has 2 aromatic heterocycles. The minimum atomic E-state index is -0.278. The van der Waals surface area contributed by atoms with Crippen molar-refractivity contribution >= 4 is 22.9 Å². The van der Waals surface area contributed by atoms with Crippen molar-refractivity contribution in [3.8, 4) is 0 Å². The number of imidazole rings is 1. The predicted molar refractivity (Wildman–Crippen MR) is 79.9 cm³/mol. The molecular formula is C13H22N6O. The van der Waals surface area contributed by atoms with Gasteiger partial charge in [-0.05, 0) is 19.3 Å². The zero-order chi connectivity index (χ0) is 14.4. The maximum atomic E-state index is 9.57. The molecule has 20 heavy (non-hydrogen) atoms. The Morgan fingerprint density at radius 2 is 2.10 bits per heavy atom. The van der Waals surface area contributed by atoms with E-state index in [1.165, 1.54) is 0 Å². The molecule has 0 amide bonds. The standard InChI is InChI=1S/C13H22N6O/c1-3-6-15-13-18-11(14-7-5-9(20)4-2)10-12(19-13)17-8-16-10/h8-9,20H,3-7H2,1-2H3,(H3,14,15,16,17,18,19). The zero-order valence-electron chi connectivity index (χ0n) is 12.0. The van der Waals surface area contributed by atoms with Gasteiger partial charge in [0.15, 0.2) is 11.5 Å². The lowest BCUT2D eigenvalue weighted by molar-refractivity contribution is 0.164. The lowest BCUT2D eigenvalue weighted by Gasteiger charge is -2.11. The highest BCUT2D eigenvalue weighted by Gasteiger charge is 2.10. The van der Waals surface area contributed by atoms with E-state index in [4.69, 9.17) is 0 Å². The largest absolute Gasteiger partial charge is 0.393 e. The van der Waals surface area contributed by atoms with Crippen LogP contribution in [0.3, 0.4) is 0 Å². The van der Waals surface area contributed by atoms with Crippen molar-refractivity contribution in [2.45, 2.75) is 39.2 Å². The topological polar surface area (TPSA) is 98.8 Å². The average Bonchev–Trinajstić information content (AvgIpc) is 2.93. The SMILES string of the molecule is CCCNc1nc(NCCC(O)CC)c2[nH]cnc2n1. The van der Waals surface area contributed by atoms with Crippen molar-refractivity contribution in [2.24, 2.45) is 0 Å². The fourth-order valence-corrected chi connectivity index (χ4v) is 1.84. The smallest absolute Gasteiger partial charge is 0.226 e. The summed E-state index contributed by atoms with van der Waals surface area (Å²) in [6.07, 6.45) is 3.78. The van der Waals surface area contributed by atoms with Crippen LogP contribution in [0.1, 0.15) is 33.1 Å². The quantitative estimate of drug-likeness (QED) is 0.587. The molecule has 7 heteroatoms. The van der Waals surface area contributed by atoms with Gasteiger partial charge in [-0.3, -0.25) is 0 Å². The molecule has 0 bridgehead atoms. The number of aliphatic hydroxyl groups excluding tert-OH is 1. The Labute approximate surface area is 118 Å². The number of hydrogen-bond acceptors (Lipinski definition) is 6. The summed E-state index contributed by atoms with van der Waals surface area (Å²) in [7, 11) is 0. The van der Waals surface area contributed by atoms with Crippen molar-refractivity contribution in [3.63, 3.8) is 0 Å². The Morgan fingerprint density at radius 1 is 1.25 bits per heavy atom. The summed E-state index contributed by atoms with van der Waals surface area (Å²) in [4.78, 5) is 16.0. The number of H-pyrrole nitrogens is 1. The van der Waals surface area contributed by atoms with Crippen LogP contribution in [0.15, 0.2) is 6.33 Å². The van der Waals surface area contributed by atoms with E-state index in [1.54, 1.807) is 6.33 Å². The number of aromatic amines is 1. The van der Waals surface area contributed by atoms with E-state index >= 15 is 0 Å². The third-order valence-electron chi connectivity index (χ3n) is 3.06. The first-order valence-corrected chi connectivity index (χ1v) is 7.11. The van der Waals surface area contributed by atoms with E-state index in [0.717, 1.165) is 30.7 Å². The van der Waals surface area contributed by atoms with Crippen molar-refractivity contribution < 1.29 is 5.11 Å². The maximum Gasteiger partial charge on any atom is 0.226 e. The van der Waals surface area contributed by atoms with Gasteiger partial charge in [0.2, 0.25) is 5.95 Å². The van der Waals surface area contributed by atoms with Gasteiger partial charge >= 0.3 is 0 Å². The molecule has 2 heterocycles.